The normalized spacial score (nSPS) is 12.1. The van der Waals surface area contributed by atoms with Crippen LogP contribution in [-0.2, 0) is 0 Å². The summed E-state index contributed by atoms with van der Waals surface area (Å²) in [4.78, 5) is 0. The fourth-order valence-corrected chi connectivity index (χ4v) is 2.18. The minimum Gasteiger partial charge on any atom is -0.376 e. The third-order valence-electron chi connectivity index (χ3n) is 3.25. The molecule has 2 rings (SSSR count). The Morgan fingerprint density at radius 3 is 2.37 bits per heavy atom. The number of halogens is 1. The zero-order chi connectivity index (χ0) is 13.5. The predicted molar refractivity (Wildman–Crippen MR) is 78.7 cm³/mol. The molecule has 0 radical (unpaired) electrons. The first-order valence-electron chi connectivity index (χ1n) is 6.87. The van der Waals surface area contributed by atoms with E-state index in [1.54, 1.807) is 12.1 Å². The highest BCUT2D eigenvalue weighted by Crippen LogP contribution is 2.25. The highest BCUT2D eigenvalue weighted by Gasteiger charge is 2.12. The Bertz CT molecular complexity index is 496. The van der Waals surface area contributed by atoms with Gasteiger partial charge in [-0.05, 0) is 24.1 Å². The highest BCUT2D eigenvalue weighted by molar-refractivity contribution is 5.46. The van der Waals surface area contributed by atoms with Crippen molar-refractivity contribution in [2.24, 2.45) is 0 Å². The number of nitrogens with one attached hydrogen (secondary N) is 1. The molecule has 0 amide bonds. The van der Waals surface area contributed by atoms with E-state index in [0.717, 1.165) is 19.3 Å². The van der Waals surface area contributed by atoms with Crippen molar-refractivity contribution in [2.75, 3.05) is 5.32 Å². The fourth-order valence-electron chi connectivity index (χ4n) is 2.18. The second kappa shape index (κ2) is 6.93. The first-order valence-corrected chi connectivity index (χ1v) is 6.87. The zero-order valence-electron chi connectivity index (χ0n) is 11.3. The molecule has 0 saturated carbocycles. The summed E-state index contributed by atoms with van der Waals surface area (Å²) in [5.74, 6) is -0.195. The summed E-state index contributed by atoms with van der Waals surface area (Å²) in [6, 6.07) is 17.2. The van der Waals surface area contributed by atoms with Crippen molar-refractivity contribution in [3.8, 4) is 0 Å². The lowest BCUT2D eigenvalue weighted by Crippen LogP contribution is -2.11. The van der Waals surface area contributed by atoms with Crippen molar-refractivity contribution in [1.29, 1.82) is 0 Å². The Kier molecular flexibility index (Phi) is 4.96. The van der Waals surface area contributed by atoms with E-state index in [9.17, 15) is 4.39 Å². The Labute approximate surface area is 114 Å². The van der Waals surface area contributed by atoms with Crippen LogP contribution in [0.2, 0.25) is 0 Å². The molecule has 1 atom stereocenters. The van der Waals surface area contributed by atoms with Crippen LogP contribution in [0.4, 0.5) is 10.1 Å². The van der Waals surface area contributed by atoms with Crippen LogP contribution in [-0.4, -0.2) is 0 Å². The molecule has 1 unspecified atom stereocenters. The van der Waals surface area contributed by atoms with Gasteiger partial charge in [-0.1, -0.05) is 62.2 Å². The zero-order valence-corrected chi connectivity index (χ0v) is 11.3. The molecule has 0 saturated heterocycles. The van der Waals surface area contributed by atoms with Crippen molar-refractivity contribution in [3.63, 3.8) is 0 Å². The molecule has 0 aliphatic carbocycles. The number of anilines is 1. The SMILES string of the molecule is CCCCC(Nc1ccccc1F)c1ccccc1. The number of hydrogen-bond donors (Lipinski definition) is 1. The fraction of sp³-hybridized carbons (Fsp3) is 0.294. The van der Waals surface area contributed by atoms with Crippen LogP contribution in [0, 0.1) is 5.82 Å². The second-order valence-corrected chi connectivity index (χ2v) is 4.73. The monoisotopic (exact) mass is 257 g/mol. The summed E-state index contributed by atoms with van der Waals surface area (Å²) in [6.07, 6.45) is 3.28. The lowest BCUT2D eigenvalue weighted by atomic mass is 10.0. The van der Waals surface area contributed by atoms with Crippen LogP contribution >= 0.6 is 0 Å². The molecule has 0 bridgehead atoms. The van der Waals surface area contributed by atoms with Gasteiger partial charge in [0.05, 0.1) is 11.7 Å². The van der Waals surface area contributed by atoms with Gasteiger partial charge in [-0.3, -0.25) is 0 Å². The summed E-state index contributed by atoms with van der Waals surface area (Å²) in [7, 11) is 0. The van der Waals surface area contributed by atoms with Gasteiger partial charge in [0.1, 0.15) is 5.82 Å². The summed E-state index contributed by atoms with van der Waals surface area (Å²) >= 11 is 0. The van der Waals surface area contributed by atoms with Gasteiger partial charge in [-0.15, -0.1) is 0 Å². The Morgan fingerprint density at radius 1 is 1.00 bits per heavy atom. The second-order valence-electron chi connectivity index (χ2n) is 4.73. The van der Waals surface area contributed by atoms with Crippen LogP contribution in [0.3, 0.4) is 0 Å². The average Bonchev–Trinajstić information content (AvgIpc) is 2.46. The van der Waals surface area contributed by atoms with Gasteiger partial charge in [0.15, 0.2) is 0 Å². The lowest BCUT2D eigenvalue weighted by molar-refractivity contribution is 0.607. The number of para-hydroxylation sites is 1. The van der Waals surface area contributed by atoms with Crippen molar-refractivity contribution in [1.82, 2.24) is 0 Å². The average molecular weight is 257 g/mol. The van der Waals surface area contributed by atoms with Gasteiger partial charge in [0.25, 0.3) is 0 Å². The molecule has 2 aromatic rings. The van der Waals surface area contributed by atoms with Crippen molar-refractivity contribution < 1.29 is 4.39 Å². The largest absolute Gasteiger partial charge is 0.376 e. The van der Waals surface area contributed by atoms with E-state index in [4.69, 9.17) is 0 Å². The molecule has 0 aromatic heterocycles. The molecular weight excluding hydrogens is 237 g/mol. The highest BCUT2D eigenvalue weighted by atomic mass is 19.1. The number of hydrogen-bond acceptors (Lipinski definition) is 1. The summed E-state index contributed by atoms with van der Waals surface area (Å²) < 4.78 is 13.7. The lowest BCUT2D eigenvalue weighted by Gasteiger charge is -2.20. The number of unbranched alkanes of at least 4 members (excludes halogenated alkanes) is 1. The van der Waals surface area contributed by atoms with E-state index in [2.05, 4.69) is 24.4 Å². The van der Waals surface area contributed by atoms with Gasteiger partial charge < -0.3 is 5.32 Å². The maximum absolute atomic E-state index is 13.7. The molecule has 0 aliphatic heterocycles. The molecule has 19 heavy (non-hydrogen) atoms. The molecular formula is C17H20FN. The molecule has 0 fully saturated rings. The Balaban J connectivity index is 2.17. The van der Waals surface area contributed by atoms with E-state index in [1.807, 2.05) is 24.3 Å². The minimum absolute atomic E-state index is 0.165. The van der Waals surface area contributed by atoms with Gasteiger partial charge in [0, 0.05) is 0 Å². The van der Waals surface area contributed by atoms with E-state index in [0.29, 0.717) is 5.69 Å². The molecule has 0 aliphatic rings. The molecule has 2 aromatic carbocycles. The van der Waals surface area contributed by atoms with Crippen LogP contribution in [0.1, 0.15) is 37.8 Å². The van der Waals surface area contributed by atoms with E-state index in [-0.39, 0.29) is 11.9 Å². The number of rotatable bonds is 6. The first-order chi connectivity index (χ1) is 9.31. The molecule has 2 heteroatoms. The van der Waals surface area contributed by atoms with Crippen LogP contribution < -0.4 is 5.32 Å². The maximum atomic E-state index is 13.7. The quantitative estimate of drug-likeness (QED) is 0.752. The Hall–Kier alpha value is -1.83. The third kappa shape index (κ3) is 3.82. The molecule has 100 valence electrons. The van der Waals surface area contributed by atoms with E-state index in [1.165, 1.54) is 11.6 Å². The third-order valence-corrected chi connectivity index (χ3v) is 3.25. The van der Waals surface area contributed by atoms with Gasteiger partial charge in [-0.25, -0.2) is 4.39 Å². The van der Waals surface area contributed by atoms with E-state index >= 15 is 0 Å². The standard InChI is InChI=1S/C17H20FN/c1-2-3-12-16(14-9-5-4-6-10-14)19-17-13-8-7-11-15(17)18/h4-11,13,16,19H,2-3,12H2,1H3. The summed E-state index contributed by atoms with van der Waals surface area (Å²) in [5, 5.41) is 3.32. The van der Waals surface area contributed by atoms with Crippen LogP contribution in [0.5, 0.6) is 0 Å². The summed E-state index contributed by atoms with van der Waals surface area (Å²) in [6.45, 7) is 2.17. The van der Waals surface area contributed by atoms with Gasteiger partial charge in [0.2, 0.25) is 0 Å². The Morgan fingerprint density at radius 2 is 1.68 bits per heavy atom. The maximum Gasteiger partial charge on any atom is 0.146 e. The van der Waals surface area contributed by atoms with Gasteiger partial charge >= 0.3 is 0 Å². The minimum atomic E-state index is -0.195. The first kappa shape index (κ1) is 13.6. The van der Waals surface area contributed by atoms with Crippen molar-refractivity contribution in [3.05, 3.63) is 66.0 Å². The topological polar surface area (TPSA) is 12.0 Å². The van der Waals surface area contributed by atoms with Crippen LogP contribution in [0.25, 0.3) is 0 Å². The molecule has 1 nitrogen and oxygen atoms in total. The molecule has 0 heterocycles. The van der Waals surface area contributed by atoms with Crippen molar-refractivity contribution >= 4 is 5.69 Å². The molecule has 1 N–H and O–H groups in total. The number of benzene rings is 2. The smallest absolute Gasteiger partial charge is 0.146 e. The van der Waals surface area contributed by atoms with Crippen molar-refractivity contribution in [2.45, 2.75) is 32.2 Å². The summed E-state index contributed by atoms with van der Waals surface area (Å²) in [5.41, 5.74) is 1.78. The van der Waals surface area contributed by atoms with E-state index < -0.39 is 0 Å². The molecule has 0 spiro atoms. The predicted octanol–water partition coefficient (Wildman–Crippen LogP) is 5.17. The van der Waals surface area contributed by atoms with Gasteiger partial charge in [-0.2, -0.15) is 0 Å². The van der Waals surface area contributed by atoms with Crippen LogP contribution in [0.15, 0.2) is 54.6 Å².